The first kappa shape index (κ1) is 19.6. The monoisotopic (exact) mass is 430 g/mol. The fourth-order valence-corrected chi connectivity index (χ4v) is 5.15. The van der Waals surface area contributed by atoms with E-state index in [0.717, 1.165) is 38.8 Å². The van der Waals surface area contributed by atoms with Crippen molar-refractivity contribution in [2.75, 3.05) is 5.01 Å². The van der Waals surface area contributed by atoms with Crippen molar-refractivity contribution in [1.29, 1.82) is 0 Å². The number of nitrogens with two attached hydrogens (primary N) is 1. The zero-order valence-electron chi connectivity index (χ0n) is 18.4. The van der Waals surface area contributed by atoms with Crippen LogP contribution in [0.5, 0.6) is 0 Å². The van der Waals surface area contributed by atoms with Gasteiger partial charge >= 0.3 is 0 Å². The summed E-state index contributed by atoms with van der Waals surface area (Å²) in [6.07, 6.45) is 1.72. The van der Waals surface area contributed by atoms with Gasteiger partial charge in [-0.2, -0.15) is 0 Å². The van der Waals surface area contributed by atoms with Gasteiger partial charge in [-0.1, -0.05) is 62.4 Å². The number of rotatable bonds is 1. The molecule has 4 aromatic carbocycles. The molecular formula is C29H22N2O2. The first-order valence-corrected chi connectivity index (χ1v) is 11.0. The van der Waals surface area contributed by atoms with Gasteiger partial charge in [-0.25, -0.2) is 5.84 Å². The van der Waals surface area contributed by atoms with Crippen LogP contribution in [-0.4, -0.2) is 11.6 Å². The number of nitrogens with zero attached hydrogens (tertiary/aromatic N) is 1. The van der Waals surface area contributed by atoms with E-state index in [0.29, 0.717) is 11.1 Å². The summed E-state index contributed by atoms with van der Waals surface area (Å²) in [6.45, 7) is 4.34. The molecule has 0 saturated carbocycles. The molecular weight excluding hydrogens is 408 g/mol. The number of Topliss-reactive ketones (excluding diaryl/α,β-unsaturated/α-hetero) is 2. The van der Waals surface area contributed by atoms with Gasteiger partial charge in [0.25, 0.3) is 0 Å². The third-order valence-electron chi connectivity index (χ3n) is 6.97. The molecule has 4 heteroatoms. The average molecular weight is 431 g/mol. The van der Waals surface area contributed by atoms with Gasteiger partial charge in [0.1, 0.15) is 0 Å². The minimum atomic E-state index is -0.277. The molecule has 0 saturated heterocycles. The number of anilines is 2. The Morgan fingerprint density at radius 1 is 0.727 bits per heavy atom. The largest absolute Gasteiger partial charge is 0.288 e. The number of ketones is 2. The molecule has 0 fully saturated rings. The van der Waals surface area contributed by atoms with E-state index in [-0.39, 0.29) is 22.6 Å². The maximum absolute atomic E-state index is 13.2. The van der Waals surface area contributed by atoms with Crippen LogP contribution in [0.3, 0.4) is 0 Å². The second kappa shape index (κ2) is 6.74. The Balaban J connectivity index is 1.46. The van der Waals surface area contributed by atoms with Gasteiger partial charge in [-0.15, -0.1) is 0 Å². The highest BCUT2D eigenvalue weighted by molar-refractivity contribution is 6.42. The molecule has 0 amide bonds. The van der Waals surface area contributed by atoms with E-state index in [9.17, 15) is 9.59 Å². The van der Waals surface area contributed by atoms with E-state index < -0.39 is 0 Å². The SMILES string of the molecule is CC1(C)c2ccccc2N(N)c2ccc(C=C3C(=O)c4cc5ccccc5cc4C3=O)cc21. The van der Waals surface area contributed by atoms with Crippen LogP contribution in [0.1, 0.15) is 51.3 Å². The molecule has 0 unspecified atom stereocenters. The topological polar surface area (TPSA) is 63.4 Å². The predicted octanol–water partition coefficient (Wildman–Crippen LogP) is 5.95. The van der Waals surface area contributed by atoms with Gasteiger partial charge in [0.05, 0.1) is 16.9 Å². The second-order valence-electron chi connectivity index (χ2n) is 9.25. The molecule has 4 aromatic rings. The van der Waals surface area contributed by atoms with Crippen molar-refractivity contribution in [3.63, 3.8) is 0 Å². The molecule has 160 valence electrons. The summed E-state index contributed by atoms with van der Waals surface area (Å²) in [5.41, 5.74) is 5.78. The highest BCUT2D eigenvalue weighted by atomic mass is 16.2. The molecule has 1 aliphatic heterocycles. The maximum atomic E-state index is 13.2. The van der Waals surface area contributed by atoms with E-state index in [4.69, 9.17) is 5.84 Å². The summed E-state index contributed by atoms with van der Waals surface area (Å²) < 4.78 is 0. The predicted molar refractivity (Wildman–Crippen MR) is 132 cm³/mol. The molecule has 0 atom stereocenters. The molecule has 1 aliphatic carbocycles. The van der Waals surface area contributed by atoms with E-state index in [2.05, 4.69) is 19.9 Å². The van der Waals surface area contributed by atoms with Crippen molar-refractivity contribution < 1.29 is 9.59 Å². The van der Waals surface area contributed by atoms with E-state index >= 15 is 0 Å². The number of fused-ring (bicyclic) bond motifs is 4. The zero-order chi connectivity index (χ0) is 22.9. The highest BCUT2D eigenvalue weighted by Gasteiger charge is 2.36. The van der Waals surface area contributed by atoms with Crippen LogP contribution in [0.15, 0.2) is 84.4 Å². The van der Waals surface area contributed by atoms with Crippen molar-refractivity contribution in [2.24, 2.45) is 5.84 Å². The van der Waals surface area contributed by atoms with Gasteiger partial charge in [0.2, 0.25) is 0 Å². The molecule has 0 radical (unpaired) electrons. The van der Waals surface area contributed by atoms with Gasteiger partial charge in [-0.3, -0.25) is 14.6 Å². The van der Waals surface area contributed by atoms with Crippen molar-refractivity contribution in [2.45, 2.75) is 19.3 Å². The number of allylic oxidation sites excluding steroid dienone is 1. The van der Waals surface area contributed by atoms with Crippen LogP contribution in [0.25, 0.3) is 16.8 Å². The quantitative estimate of drug-likeness (QED) is 0.230. The summed E-state index contributed by atoms with van der Waals surface area (Å²) in [5.74, 6) is 6.01. The summed E-state index contributed by atoms with van der Waals surface area (Å²) >= 11 is 0. The van der Waals surface area contributed by atoms with Gasteiger partial charge in [-0.05, 0) is 63.9 Å². The van der Waals surface area contributed by atoms with Crippen LogP contribution in [0.2, 0.25) is 0 Å². The Morgan fingerprint density at radius 3 is 1.97 bits per heavy atom. The summed E-state index contributed by atoms with van der Waals surface area (Å²) in [7, 11) is 0. The van der Waals surface area contributed by atoms with Crippen LogP contribution in [0, 0.1) is 0 Å². The van der Waals surface area contributed by atoms with Gasteiger partial charge < -0.3 is 0 Å². The number of hydrogen-bond donors (Lipinski definition) is 1. The molecule has 2 N–H and O–H groups in total. The third-order valence-corrected chi connectivity index (χ3v) is 6.97. The number of benzene rings is 4. The summed E-state index contributed by atoms with van der Waals surface area (Å²) in [6, 6.07) is 25.4. The summed E-state index contributed by atoms with van der Waals surface area (Å²) in [5, 5.41) is 3.62. The van der Waals surface area contributed by atoms with Crippen molar-refractivity contribution >= 4 is 39.8 Å². The first-order valence-electron chi connectivity index (χ1n) is 11.0. The van der Waals surface area contributed by atoms with Crippen LogP contribution in [-0.2, 0) is 5.41 Å². The van der Waals surface area contributed by atoms with Crippen molar-refractivity contribution in [3.8, 4) is 0 Å². The highest BCUT2D eigenvalue weighted by Crippen LogP contribution is 2.47. The Labute approximate surface area is 191 Å². The smallest absolute Gasteiger partial charge is 0.197 e. The van der Waals surface area contributed by atoms with E-state index in [1.54, 1.807) is 11.1 Å². The van der Waals surface area contributed by atoms with Gasteiger partial charge in [0.15, 0.2) is 11.6 Å². The lowest BCUT2D eigenvalue weighted by molar-refractivity contribution is 0.0990. The lowest BCUT2D eigenvalue weighted by Gasteiger charge is -2.40. The van der Waals surface area contributed by atoms with E-state index in [1.165, 1.54) is 0 Å². The Bertz CT molecular complexity index is 1490. The van der Waals surface area contributed by atoms with E-state index in [1.807, 2.05) is 72.8 Å². The number of hydrogen-bond acceptors (Lipinski definition) is 4. The first-order chi connectivity index (χ1) is 15.9. The number of hydrazine groups is 1. The van der Waals surface area contributed by atoms with Crippen LogP contribution >= 0.6 is 0 Å². The minimum Gasteiger partial charge on any atom is -0.288 e. The number of para-hydroxylation sites is 1. The molecule has 1 heterocycles. The second-order valence-corrected chi connectivity index (χ2v) is 9.25. The Hall–Kier alpha value is -4.02. The molecule has 2 aliphatic rings. The fourth-order valence-electron chi connectivity index (χ4n) is 5.15. The molecule has 33 heavy (non-hydrogen) atoms. The van der Waals surface area contributed by atoms with Gasteiger partial charge in [0, 0.05) is 16.5 Å². The average Bonchev–Trinajstić information content (AvgIpc) is 3.05. The lowest BCUT2D eigenvalue weighted by atomic mass is 9.73. The van der Waals surface area contributed by atoms with Crippen molar-refractivity contribution in [1.82, 2.24) is 0 Å². The zero-order valence-corrected chi connectivity index (χ0v) is 18.4. The number of carbonyl (C=O) groups is 2. The summed E-state index contributed by atoms with van der Waals surface area (Å²) in [4.78, 5) is 26.3. The van der Waals surface area contributed by atoms with Crippen molar-refractivity contribution in [3.05, 3.63) is 112 Å². The Kier molecular flexibility index (Phi) is 4.01. The van der Waals surface area contributed by atoms with Crippen LogP contribution < -0.4 is 10.9 Å². The van der Waals surface area contributed by atoms with Crippen LogP contribution in [0.4, 0.5) is 11.4 Å². The molecule has 4 nitrogen and oxygen atoms in total. The Morgan fingerprint density at radius 2 is 1.30 bits per heavy atom. The minimum absolute atomic E-state index is 0.207. The number of carbonyl (C=O) groups excluding carboxylic acids is 2. The maximum Gasteiger partial charge on any atom is 0.197 e. The molecule has 0 bridgehead atoms. The lowest BCUT2D eigenvalue weighted by Crippen LogP contribution is -2.36. The molecule has 6 rings (SSSR count). The fraction of sp³-hybridized carbons (Fsp3) is 0.103. The molecule has 0 spiro atoms. The normalized spacial score (nSPS) is 16.0. The third kappa shape index (κ3) is 2.74. The standard InChI is InChI=1S/C29H22N2O2/c1-29(2)23-9-5-6-10-25(23)31(30)26-12-11-17(14-24(26)29)13-22-27(32)20-15-18-7-3-4-8-19(18)16-21(20)28(22)33/h3-16H,30H2,1-2H3. The molecule has 0 aromatic heterocycles.